The van der Waals surface area contributed by atoms with Crippen LogP contribution in [-0.2, 0) is 4.74 Å². The van der Waals surface area contributed by atoms with Gasteiger partial charge in [0.1, 0.15) is 5.60 Å². The molecule has 4 heteroatoms. The van der Waals surface area contributed by atoms with Crippen LogP contribution in [-0.4, -0.2) is 41.4 Å². The fraction of sp³-hybridized carbons (Fsp3) is 0.750. The van der Waals surface area contributed by atoms with Crippen molar-refractivity contribution in [3.8, 4) is 0 Å². The zero-order chi connectivity index (χ0) is 12.4. The van der Waals surface area contributed by atoms with Crippen molar-refractivity contribution < 1.29 is 14.6 Å². The standard InChI is InChI=1S/C12H21NO3/c1-5-6-12(9-14)7-13(8-12)10(15)16-11(2,3)4/h5,14H,1,6-9H2,2-4H3. The third-order valence-electron chi connectivity index (χ3n) is 2.62. The number of likely N-dealkylation sites (tertiary alicyclic amines) is 1. The van der Waals surface area contributed by atoms with E-state index in [2.05, 4.69) is 6.58 Å². The van der Waals surface area contributed by atoms with Gasteiger partial charge in [-0.2, -0.15) is 0 Å². The highest BCUT2D eigenvalue weighted by atomic mass is 16.6. The molecule has 16 heavy (non-hydrogen) atoms. The maximum absolute atomic E-state index is 11.6. The second-order valence-corrected chi connectivity index (χ2v) is 5.49. The van der Waals surface area contributed by atoms with Crippen LogP contribution in [0.3, 0.4) is 0 Å². The van der Waals surface area contributed by atoms with E-state index in [0.29, 0.717) is 13.1 Å². The second-order valence-electron chi connectivity index (χ2n) is 5.49. The summed E-state index contributed by atoms with van der Waals surface area (Å²) in [7, 11) is 0. The third-order valence-corrected chi connectivity index (χ3v) is 2.62. The van der Waals surface area contributed by atoms with Crippen LogP contribution >= 0.6 is 0 Å². The molecular formula is C12H21NO3. The van der Waals surface area contributed by atoms with Crippen LogP contribution < -0.4 is 0 Å². The Morgan fingerprint density at radius 2 is 2.12 bits per heavy atom. The minimum Gasteiger partial charge on any atom is -0.444 e. The van der Waals surface area contributed by atoms with Gasteiger partial charge in [0.2, 0.25) is 0 Å². The molecule has 1 N–H and O–H groups in total. The topological polar surface area (TPSA) is 49.8 Å². The molecule has 4 nitrogen and oxygen atoms in total. The monoisotopic (exact) mass is 227 g/mol. The molecule has 0 aromatic carbocycles. The summed E-state index contributed by atoms with van der Waals surface area (Å²) in [6.45, 7) is 10.4. The zero-order valence-corrected chi connectivity index (χ0v) is 10.3. The Morgan fingerprint density at radius 1 is 1.56 bits per heavy atom. The molecule has 1 saturated heterocycles. The molecule has 1 heterocycles. The van der Waals surface area contributed by atoms with E-state index in [4.69, 9.17) is 4.74 Å². The predicted octanol–water partition coefficient (Wildman–Crippen LogP) is 1.79. The molecule has 0 spiro atoms. The first kappa shape index (κ1) is 13.0. The number of amides is 1. The highest BCUT2D eigenvalue weighted by Gasteiger charge is 2.45. The molecule has 1 aliphatic heterocycles. The predicted molar refractivity (Wildman–Crippen MR) is 62.1 cm³/mol. The summed E-state index contributed by atoms with van der Waals surface area (Å²) in [5, 5.41) is 9.27. The smallest absolute Gasteiger partial charge is 0.410 e. The van der Waals surface area contributed by atoms with Crippen molar-refractivity contribution in [2.75, 3.05) is 19.7 Å². The summed E-state index contributed by atoms with van der Waals surface area (Å²) in [5.74, 6) is 0. The van der Waals surface area contributed by atoms with Gasteiger partial charge in [0, 0.05) is 18.5 Å². The van der Waals surface area contributed by atoms with E-state index in [9.17, 15) is 9.90 Å². The molecule has 1 amide bonds. The second kappa shape index (κ2) is 4.45. The molecule has 0 aromatic heterocycles. The lowest BCUT2D eigenvalue weighted by atomic mass is 9.78. The minimum absolute atomic E-state index is 0.0817. The first-order valence-electron chi connectivity index (χ1n) is 5.52. The van der Waals surface area contributed by atoms with Crippen LogP contribution in [0.25, 0.3) is 0 Å². The Bertz CT molecular complexity index is 274. The Hall–Kier alpha value is -1.03. The summed E-state index contributed by atoms with van der Waals surface area (Å²) in [4.78, 5) is 13.3. The van der Waals surface area contributed by atoms with Gasteiger partial charge in [-0.25, -0.2) is 4.79 Å². The SMILES string of the molecule is C=CCC1(CO)CN(C(=O)OC(C)(C)C)C1. The van der Waals surface area contributed by atoms with Gasteiger partial charge >= 0.3 is 6.09 Å². The number of hydrogen-bond acceptors (Lipinski definition) is 3. The quantitative estimate of drug-likeness (QED) is 0.748. The van der Waals surface area contributed by atoms with Crippen LogP contribution in [0.1, 0.15) is 27.2 Å². The average molecular weight is 227 g/mol. The molecule has 0 bridgehead atoms. The van der Waals surface area contributed by atoms with Gasteiger partial charge in [-0.3, -0.25) is 0 Å². The van der Waals surface area contributed by atoms with E-state index in [0.717, 1.165) is 6.42 Å². The number of carbonyl (C=O) groups is 1. The molecule has 0 atom stereocenters. The molecule has 92 valence electrons. The van der Waals surface area contributed by atoms with Crippen LogP contribution in [0.2, 0.25) is 0 Å². The molecule has 1 aliphatic rings. The minimum atomic E-state index is -0.465. The lowest BCUT2D eigenvalue weighted by Gasteiger charge is -2.48. The fourth-order valence-electron chi connectivity index (χ4n) is 1.82. The average Bonchev–Trinajstić information content (AvgIpc) is 2.07. The van der Waals surface area contributed by atoms with Crippen LogP contribution in [0.5, 0.6) is 0 Å². The Morgan fingerprint density at radius 3 is 2.50 bits per heavy atom. The Balaban J connectivity index is 2.45. The van der Waals surface area contributed by atoms with Crippen molar-refractivity contribution in [3.05, 3.63) is 12.7 Å². The Labute approximate surface area is 96.9 Å². The van der Waals surface area contributed by atoms with Gasteiger partial charge in [-0.1, -0.05) is 6.08 Å². The van der Waals surface area contributed by atoms with Gasteiger partial charge in [-0.15, -0.1) is 6.58 Å². The highest BCUT2D eigenvalue weighted by Crippen LogP contribution is 2.34. The van der Waals surface area contributed by atoms with Crippen molar-refractivity contribution in [2.45, 2.75) is 32.8 Å². The summed E-state index contributed by atoms with van der Waals surface area (Å²) >= 11 is 0. The molecule has 1 fully saturated rings. The highest BCUT2D eigenvalue weighted by molar-refractivity contribution is 5.69. The fourth-order valence-corrected chi connectivity index (χ4v) is 1.82. The van der Waals surface area contributed by atoms with Gasteiger partial charge < -0.3 is 14.7 Å². The van der Waals surface area contributed by atoms with Gasteiger partial charge in [0.05, 0.1) is 6.61 Å². The molecular weight excluding hydrogens is 206 g/mol. The summed E-state index contributed by atoms with van der Waals surface area (Å²) in [6, 6.07) is 0. The normalized spacial score (nSPS) is 18.9. The summed E-state index contributed by atoms with van der Waals surface area (Å²) < 4.78 is 5.24. The van der Waals surface area contributed by atoms with E-state index in [1.165, 1.54) is 0 Å². The molecule has 0 aromatic rings. The lowest BCUT2D eigenvalue weighted by Crippen LogP contribution is -2.60. The van der Waals surface area contributed by atoms with Gasteiger partial charge in [0.15, 0.2) is 0 Å². The first-order chi connectivity index (χ1) is 7.32. The van der Waals surface area contributed by atoms with E-state index < -0.39 is 5.60 Å². The molecule has 0 unspecified atom stereocenters. The zero-order valence-electron chi connectivity index (χ0n) is 10.3. The van der Waals surface area contributed by atoms with E-state index in [1.54, 1.807) is 11.0 Å². The Kier molecular flexibility index (Phi) is 3.63. The number of ether oxygens (including phenoxy) is 1. The van der Waals surface area contributed by atoms with Gasteiger partial charge in [0.25, 0.3) is 0 Å². The van der Waals surface area contributed by atoms with Crippen molar-refractivity contribution in [2.24, 2.45) is 5.41 Å². The number of hydrogen-bond donors (Lipinski definition) is 1. The molecule has 1 rings (SSSR count). The van der Waals surface area contributed by atoms with E-state index >= 15 is 0 Å². The molecule has 0 aliphatic carbocycles. The lowest BCUT2D eigenvalue weighted by molar-refractivity contribution is -0.0542. The van der Waals surface area contributed by atoms with Crippen LogP contribution in [0, 0.1) is 5.41 Å². The van der Waals surface area contributed by atoms with E-state index in [-0.39, 0.29) is 18.1 Å². The number of aliphatic hydroxyl groups excluding tert-OH is 1. The summed E-state index contributed by atoms with van der Waals surface area (Å²) in [6.07, 6.45) is 2.20. The van der Waals surface area contributed by atoms with E-state index in [1.807, 2.05) is 20.8 Å². The number of rotatable bonds is 3. The van der Waals surface area contributed by atoms with Crippen LogP contribution in [0.15, 0.2) is 12.7 Å². The maximum Gasteiger partial charge on any atom is 0.410 e. The van der Waals surface area contributed by atoms with Crippen molar-refractivity contribution >= 4 is 6.09 Å². The number of nitrogens with zero attached hydrogens (tertiary/aromatic N) is 1. The number of carbonyl (C=O) groups excluding carboxylic acids is 1. The largest absolute Gasteiger partial charge is 0.444 e. The molecule has 0 saturated carbocycles. The van der Waals surface area contributed by atoms with Crippen LogP contribution in [0.4, 0.5) is 4.79 Å². The third kappa shape index (κ3) is 2.98. The molecule has 0 radical (unpaired) electrons. The van der Waals surface area contributed by atoms with Crippen molar-refractivity contribution in [1.82, 2.24) is 4.90 Å². The maximum atomic E-state index is 11.6. The number of allylic oxidation sites excluding steroid dienone is 1. The number of aliphatic hydroxyl groups is 1. The van der Waals surface area contributed by atoms with Gasteiger partial charge in [-0.05, 0) is 27.2 Å². The van der Waals surface area contributed by atoms with Crippen molar-refractivity contribution in [3.63, 3.8) is 0 Å². The summed E-state index contributed by atoms with van der Waals surface area (Å²) in [5.41, 5.74) is -0.661. The first-order valence-corrected chi connectivity index (χ1v) is 5.52. The van der Waals surface area contributed by atoms with Crippen molar-refractivity contribution in [1.29, 1.82) is 0 Å².